The Labute approximate surface area is 120 Å². The van der Waals surface area contributed by atoms with E-state index in [4.69, 9.17) is 10.5 Å². The summed E-state index contributed by atoms with van der Waals surface area (Å²) in [6.07, 6.45) is 3.67. The van der Waals surface area contributed by atoms with Crippen LogP contribution in [0.25, 0.3) is 0 Å². The summed E-state index contributed by atoms with van der Waals surface area (Å²) in [6.45, 7) is 3.29. The minimum Gasteiger partial charge on any atom is -0.374 e. The summed E-state index contributed by atoms with van der Waals surface area (Å²) in [6, 6.07) is 0.0191. The van der Waals surface area contributed by atoms with Crippen molar-refractivity contribution in [3.05, 3.63) is 0 Å². The monoisotopic (exact) mass is 308 g/mol. The van der Waals surface area contributed by atoms with E-state index in [-0.39, 0.29) is 18.2 Å². The van der Waals surface area contributed by atoms with Crippen molar-refractivity contribution in [3.8, 4) is 0 Å². The second-order valence-electron chi connectivity index (χ2n) is 5.46. The highest BCUT2D eigenvalue weighted by atomic mass is 32.2. The average Bonchev–Trinajstić information content (AvgIpc) is 2.76. The molecule has 4 atom stereocenters. The molecule has 0 aromatic rings. The lowest BCUT2D eigenvalue weighted by Gasteiger charge is -2.41. The van der Waals surface area contributed by atoms with Crippen molar-refractivity contribution in [2.45, 2.75) is 43.4 Å². The second-order valence-corrected chi connectivity index (χ2v) is 8.82. The molecule has 0 saturated carbocycles. The van der Waals surface area contributed by atoms with Crippen LogP contribution in [0.15, 0.2) is 0 Å². The van der Waals surface area contributed by atoms with Crippen molar-refractivity contribution >= 4 is 21.6 Å². The van der Waals surface area contributed by atoms with Gasteiger partial charge in [-0.15, -0.1) is 0 Å². The van der Waals surface area contributed by atoms with Gasteiger partial charge in [-0.05, 0) is 19.8 Å². The number of hydrogen-bond donors (Lipinski definition) is 1. The molecule has 4 unspecified atom stereocenters. The molecule has 112 valence electrons. The second kappa shape index (κ2) is 6.30. The lowest BCUT2D eigenvalue weighted by Crippen LogP contribution is -2.58. The minimum atomic E-state index is -3.08. The van der Waals surface area contributed by atoms with Gasteiger partial charge in [-0.25, -0.2) is 8.42 Å². The Bertz CT molecular complexity index is 402. The molecule has 5 nitrogen and oxygen atoms in total. The Morgan fingerprint density at radius 2 is 2.21 bits per heavy atom. The number of thioether (sulfide) groups is 1. The first-order valence-corrected chi connectivity index (χ1v) is 9.92. The van der Waals surface area contributed by atoms with Gasteiger partial charge in [0.05, 0.1) is 12.2 Å². The molecule has 0 bridgehead atoms. The number of nitrogens with two attached hydrogens (primary N) is 1. The van der Waals surface area contributed by atoms with Crippen LogP contribution in [0.5, 0.6) is 0 Å². The number of ether oxygens (including phenoxy) is 1. The predicted octanol–water partition coefficient (Wildman–Crippen LogP) is 0.301. The van der Waals surface area contributed by atoms with E-state index in [1.165, 1.54) is 6.26 Å². The quantitative estimate of drug-likeness (QED) is 0.805. The first-order chi connectivity index (χ1) is 8.93. The van der Waals surface area contributed by atoms with Crippen molar-refractivity contribution in [2.75, 3.05) is 30.9 Å². The zero-order valence-corrected chi connectivity index (χ0v) is 13.3. The zero-order valence-electron chi connectivity index (χ0n) is 11.6. The largest absolute Gasteiger partial charge is 0.374 e. The predicted molar refractivity (Wildman–Crippen MR) is 79.1 cm³/mol. The van der Waals surface area contributed by atoms with Crippen LogP contribution in [0.3, 0.4) is 0 Å². The summed E-state index contributed by atoms with van der Waals surface area (Å²) in [5, 5.41) is -0.417. The number of rotatable bonds is 4. The molecule has 7 heteroatoms. The molecule has 0 amide bonds. The highest BCUT2D eigenvalue weighted by molar-refractivity contribution is 8.00. The maximum Gasteiger partial charge on any atom is 0.164 e. The Kier molecular flexibility index (Phi) is 5.16. The molecule has 2 aliphatic rings. The Morgan fingerprint density at radius 1 is 1.47 bits per heavy atom. The number of sulfone groups is 1. The van der Waals surface area contributed by atoms with Crippen LogP contribution in [-0.4, -0.2) is 67.8 Å². The molecule has 2 saturated heterocycles. The fourth-order valence-corrected chi connectivity index (χ4v) is 5.89. The molecule has 2 heterocycles. The molecular weight excluding hydrogens is 284 g/mol. The third-order valence-electron chi connectivity index (χ3n) is 3.98. The van der Waals surface area contributed by atoms with Gasteiger partial charge in [-0.1, -0.05) is 0 Å². The fraction of sp³-hybridized carbons (Fsp3) is 1.00. The number of hydrogen-bond acceptors (Lipinski definition) is 6. The average molecular weight is 308 g/mol. The Morgan fingerprint density at radius 3 is 2.74 bits per heavy atom. The molecule has 0 radical (unpaired) electrons. The highest BCUT2D eigenvalue weighted by Gasteiger charge is 2.40. The Hall–Kier alpha value is 0.180. The smallest absolute Gasteiger partial charge is 0.164 e. The molecule has 0 aromatic heterocycles. The Balaban J connectivity index is 2.15. The van der Waals surface area contributed by atoms with Crippen molar-refractivity contribution in [3.63, 3.8) is 0 Å². The van der Waals surface area contributed by atoms with Gasteiger partial charge in [0.15, 0.2) is 9.84 Å². The lowest BCUT2D eigenvalue weighted by atomic mass is 10.1. The van der Waals surface area contributed by atoms with E-state index in [1.807, 2.05) is 0 Å². The summed E-state index contributed by atoms with van der Waals surface area (Å²) >= 11 is 1.70. The molecule has 0 aromatic carbocycles. The molecule has 2 N–H and O–H groups in total. The van der Waals surface area contributed by atoms with Gasteiger partial charge >= 0.3 is 0 Å². The van der Waals surface area contributed by atoms with E-state index in [9.17, 15) is 8.42 Å². The van der Waals surface area contributed by atoms with Gasteiger partial charge in [-0.3, -0.25) is 4.90 Å². The van der Waals surface area contributed by atoms with E-state index in [2.05, 4.69) is 11.8 Å². The van der Waals surface area contributed by atoms with Crippen LogP contribution in [0, 0.1) is 0 Å². The van der Waals surface area contributed by atoms with Crippen LogP contribution < -0.4 is 5.73 Å². The third-order valence-corrected chi connectivity index (χ3v) is 6.64. The van der Waals surface area contributed by atoms with Crippen molar-refractivity contribution < 1.29 is 13.2 Å². The van der Waals surface area contributed by atoms with Gasteiger partial charge in [0.1, 0.15) is 5.37 Å². The van der Waals surface area contributed by atoms with Crippen LogP contribution in [0.4, 0.5) is 0 Å². The summed E-state index contributed by atoms with van der Waals surface area (Å²) in [5.74, 6) is 1.60. The third kappa shape index (κ3) is 3.64. The van der Waals surface area contributed by atoms with E-state index >= 15 is 0 Å². The van der Waals surface area contributed by atoms with Crippen LogP contribution >= 0.6 is 11.8 Å². The highest BCUT2D eigenvalue weighted by Crippen LogP contribution is 2.29. The van der Waals surface area contributed by atoms with Gasteiger partial charge in [-0.2, -0.15) is 11.8 Å². The molecule has 2 aliphatic heterocycles. The van der Waals surface area contributed by atoms with Gasteiger partial charge in [0.2, 0.25) is 0 Å². The van der Waals surface area contributed by atoms with Crippen molar-refractivity contribution in [1.29, 1.82) is 0 Å². The topological polar surface area (TPSA) is 72.6 Å². The van der Waals surface area contributed by atoms with Gasteiger partial charge in [0.25, 0.3) is 0 Å². The SMILES string of the molecule is CC1CCC(C(CN)N2CCSCC2S(C)(=O)=O)O1. The summed E-state index contributed by atoms with van der Waals surface area (Å²) in [5.41, 5.74) is 5.91. The van der Waals surface area contributed by atoms with Crippen LogP contribution in [-0.2, 0) is 14.6 Å². The molecule has 2 fully saturated rings. The molecule has 0 aliphatic carbocycles. The number of nitrogens with zero attached hydrogens (tertiary/aromatic N) is 1. The maximum absolute atomic E-state index is 12.0. The first kappa shape index (κ1) is 15.6. The van der Waals surface area contributed by atoms with Crippen molar-refractivity contribution in [2.24, 2.45) is 5.73 Å². The minimum absolute atomic E-state index is 0.0191. The van der Waals surface area contributed by atoms with Crippen LogP contribution in [0.2, 0.25) is 0 Å². The molecule has 2 rings (SSSR count). The summed E-state index contributed by atoms with van der Waals surface area (Å²) in [7, 11) is -3.08. The van der Waals surface area contributed by atoms with E-state index in [0.717, 1.165) is 25.1 Å². The van der Waals surface area contributed by atoms with E-state index in [1.54, 1.807) is 11.8 Å². The van der Waals surface area contributed by atoms with Gasteiger partial charge < -0.3 is 10.5 Å². The maximum atomic E-state index is 12.0. The molecule has 19 heavy (non-hydrogen) atoms. The molecular formula is C12H24N2O3S2. The van der Waals surface area contributed by atoms with E-state index in [0.29, 0.717) is 12.3 Å². The van der Waals surface area contributed by atoms with Gasteiger partial charge in [0, 0.05) is 36.9 Å². The first-order valence-electron chi connectivity index (χ1n) is 6.81. The summed E-state index contributed by atoms with van der Waals surface area (Å²) < 4.78 is 29.8. The summed E-state index contributed by atoms with van der Waals surface area (Å²) in [4.78, 5) is 2.06. The lowest BCUT2D eigenvalue weighted by molar-refractivity contribution is -0.00560. The fourth-order valence-electron chi connectivity index (χ4n) is 2.96. The molecule has 0 spiro atoms. The van der Waals surface area contributed by atoms with Crippen molar-refractivity contribution in [1.82, 2.24) is 4.90 Å². The normalized spacial score (nSPS) is 35.4. The van der Waals surface area contributed by atoms with E-state index < -0.39 is 15.2 Å². The van der Waals surface area contributed by atoms with Crippen LogP contribution in [0.1, 0.15) is 19.8 Å². The zero-order chi connectivity index (χ0) is 14.0. The standard InChI is InChI=1S/C12H24N2O3S2/c1-9-3-4-11(17-9)10(7-13)14-5-6-18-8-12(14)19(2,15)16/h9-12H,3-8,13H2,1-2H3.